The third-order valence-electron chi connectivity index (χ3n) is 5.69. The number of aromatic nitrogens is 2. The molecule has 0 radical (unpaired) electrons. The second-order valence-electron chi connectivity index (χ2n) is 7.90. The molecule has 3 amide bonds. The monoisotopic (exact) mass is 404 g/mol. The average molecular weight is 404 g/mol. The molecule has 1 aliphatic rings. The number of rotatable bonds is 6. The van der Waals surface area contributed by atoms with Crippen molar-refractivity contribution in [2.45, 2.75) is 38.1 Å². The lowest BCUT2D eigenvalue weighted by atomic mass is 9.81. The Morgan fingerprint density at radius 1 is 1.17 bits per heavy atom. The van der Waals surface area contributed by atoms with Gasteiger partial charge in [0.1, 0.15) is 5.82 Å². The van der Waals surface area contributed by atoms with E-state index in [4.69, 9.17) is 0 Å². The Balaban J connectivity index is 1.37. The molecule has 1 saturated heterocycles. The van der Waals surface area contributed by atoms with Gasteiger partial charge in [0.25, 0.3) is 0 Å². The molecule has 0 aliphatic carbocycles. The molecule has 1 fully saturated rings. The molecule has 154 valence electrons. The lowest BCUT2D eigenvalue weighted by molar-refractivity contribution is -0.140. The smallest absolute Gasteiger partial charge is 0.240 e. The molecule has 30 heavy (non-hydrogen) atoms. The minimum absolute atomic E-state index is 0.0485. The highest BCUT2D eigenvalue weighted by Gasteiger charge is 2.49. The highest BCUT2D eigenvalue weighted by molar-refractivity contribution is 6.09. The summed E-state index contributed by atoms with van der Waals surface area (Å²) in [5.74, 6) is -0.0762. The van der Waals surface area contributed by atoms with E-state index in [-0.39, 0.29) is 43.1 Å². The van der Waals surface area contributed by atoms with E-state index in [9.17, 15) is 14.4 Å². The number of aromatic amines is 1. The summed E-state index contributed by atoms with van der Waals surface area (Å²) < 4.78 is 0. The summed E-state index contributed by atoms with van der Waals surface area (Å²) in [5.41, 5.74) is 1.68. The van der Waals surface area contributed by atoms with Gasteiger partial charge in [-0.05, 0) is 31.5 Å². The van der Waals surface area contributed by atoms with Gasteiger partial charge in [0.15, 0.2) is 0 Å². The first-order chi connectivity index (χ1) is 14.4. The molecular formula is C23H24N4O3. The summed E-state index contributed by atoms with van der Waals surface area (Å²) in [6, 6.07) is 16.6. The number of nitrogens with zero attached hydrogens (tertiary/aromatic N) is 2. The number of hydrogen-bond donors (Lipinski definition) is 2. The fraction of sp³-hybridized carbons (Fsp3) is 0.304. The van der Waals surface area contributed by atoms with E-state index in [1.165, 1.54) is 4.90 Å². The van der Waals surface area contributed by atoms with Crippen molar-refractivity contribution in [3.63, 3.8) is 0 Å². The van der Waals surface area contributed by atoms with Gasteiger partial charge < -0.3 is 10.3 Å². The largest absolute Gasteiger partial charge is 0.346 e. The highest BCUT2D eigenvalue weighted by atomic mass is 16.2. The Bertz CT molecular complexity index is 1070. The van der Waals surface area contributed by atoms with Crippen LogP contribution in [0, 0.1) is 0 Å². The number of hydrogen-bond acceptors (Lipinski definition) is 4. The van der Waals surface area contributed by atoms with Crippen LogP contribution in [0.1, 0.15) is 44.1 Å². The van der Waals surface area contributed by atoms with Gasteiger partial charge in [0.2, 0.25) is 17.7 Å². The Morgan fingerprint density at radius 3 is 2.60 bits per heavy atom. The minimum Gasteiger partial charge on any atom is -0.346 e. The second kappa shape index (κ2) is 7.74. The van der Waals surface area contributed by atoms with Crippen LogP contribution in [-0.4, -0.2) is 39.1 Å². The number of H-pyrrole nitrogens is 1. The zero-order valence-electron chi connectivity index (χ0n) is 17.0. The molecule has 7 nitrogen and oxygen atoms in total. The van der Waals surface area contributed by atoms with Gasteiger partial charge >= 0.3 is 0 Å². The van der Waals surface area contributed by atoms with Crippen molar-refractivity contribution in [3.05, 3.63) is 66.0 Å². The molecule has 2 heterocycles. The number of imide groups is 1. The first kappa shape index (κ1) is 19.8. The zero-order valence-corrected chi connectivity index (χ0v) is 17.0. The van der Waals surface area contributed by atoms with Gasteiger partial charge in [-0.15, -0.1) is 0 Å². The number of imidazole rings is 1. The molecule has 0 spiro atoms. The molecule has 0 saturated carbocycles. The van der Waals surface area contributed by atoms with Crippen LogP contribution in [0.15, 0.2) is 54.6 Å². The first-order valence-corrected chi connectivity index (χ1v) is 10.0. The van der Waals surface area contributed by atoms with Crippen LogP contribution in [0.25, 0.3) is 11.0 Å². The number of benzene rings is 2. The van der Waals surface area contributed by atoms with Crippen molar-refractivity contribution >= 4 is 28.8 Å². The molecule has 0 unspecified atom stereocenters. The van der Waals surface area contributed by atoms with Gasteiger partial charge in [0, 0.05) is 19.4 Å². The summed E-state index contributed by atoms with van der Waals surface area (Å²) in [4.78, 5) is 46.8. The van der Waals surface area contributed by atoms with Gasteiger partial charge in [-0.2, -0.15) is 0 Å². The first-order valence-electron chi connectivity index (χ1n) is 10.0. The summed E-state index contributed by atoms with van der Waals surface area (Å²) in [5, 5.41) is 2.88. The number of carbonyl (C=O) groups excluding carboxylic acids is 3. The summed E-state index contributed by atoms with van der Waals surface area (Å²) in [7, 11) is 0. The lowest BCUT2D eigenvalue weighted by Crippen LogP contribution is -2.39. The van der Waals surface area contributed by atoms with Crippen molar-refractivity contribution in [1.29, 1.82) is 0 Å². The quantitative estimate of drug-likeness (QED) is 0.618. The Morgan fingerprint density at radius 2 is 1.87 bits per heavy atom. The van der Waals surface area contributed by atoms with Crippen LogP contribution < -0.4 is 5.32 Å². The van der Waals surface area contributed by atoms with Crippen LogP contribution in [0.5, 0.6) is 0 Å². The van der Waals surface area contributed by atoms with Crippen LogP contribution in [0.4, 0.5) is 0 Å². The summed E-state index contributed by atoms with van der Waals surface area (Å²) in [6.45, 7) is 3.69. The van der Waals surface area contributed by atoms with Gasteiger partial charge in [0.05, 0.1) is 22.5 Å². The molecule has 2 atom stereocenters. The van der Waals surface area contributed by atoms with Crippen molar-refractivity contribution in [3.8, 4) is 0 Å². The van der Waals surface area contributed by atoms with Gasteiger partial charge in [-0.25, -0.2) is 4.98 Å². The fourth-order valence-electron chi connectivity index (χ4n) is 3.92. The normalized spacial score (nSPS) is 20.0. The SMILES string of the molecule is C[C@@H](NC(=O)CCN1C(=O)C[C@@](C)(c2ccccc2)C1=O)c1nc2ccccc2[nH]1. The zero-order chi connectivity index (χ0) is 21.3. The van der Waals surface area contributed by atoms with Crippen LogP contribution in [-0.2, 0) is 19.8 Å². The Labute approximate surface area is 174 Å². The minimum atomic E-state index is -0.879. The van der Waals surface area contributed by atoms with Gasteiger partial charge in [-0.3, -0.25) is 19.3 Å². The topological polar surface area (TPSA) is 95.2 Å². The highest BCUT2D eigenvalue weighted by Crippen LogP contribution is 2.36. The molecular weight excluding hydrogens is 380 g/mol. The van der Waals surface area contributed by atoms with Crippen molar-refractivity contribution in [2.75, 3.05) is 6.54 Å². The molecule has 0 bridgehead atoms. The number of amides is 3. The maximum Gasteiger partial charge on any atom is 0.240 e. The van der Waals surface area contributed by atoms with E-state index in [1.54, 1.807) is 6.92 Å². The molecule has 1 aromatic heterocycles. The third-order valence-corrected chi connectivity index (χ3v) is 5.69. The molecule has 3 aromatic rings. The lowest BCUT2D eigenvalue weighted by Gasteiger charge is -2.22. The van der Waals surface area contributed by atoms with E-state index in [2.05, 4.69) is 15.3 Å². The van der Waals surface area contributed by atoms with Crippen molar-refractivity contribution < 1.29 is 14.4 Å². The number of likely N-dealkylation sites (tertiary alicyclic amines) is 1. The Kier molecular flexibility index (Phi) is 5.11. The standard InChI is InChI=1S/C23H24N4O3/c1-15(21-25-17-10-6-7-11-18(17)26-21)24-19(28)12-13-27-20(29)14-23(2,22(27)30)16-8-4-3-5-9-16/h3-11,15H,12-14H2,1-2H3,(H,24,28)(H,25,26)/t15-,23+/m1/s1. The molecule has 2 N–H and O–H groups in total. The summed E-state index contributed by atoms with van der Waals surface area (Å²) in [6.07, 6.45) is 0.166. The van der Waals surface area contributed by atoms with Crippen molar-refractivity contribution in [2.24, 2.45) is 0 Å². The predicted molar refractivity (Wildman–Crippen MR) is 112 cm³/mol. The predicted octanol–water partition coefficient (Wildman–Crippen LogP) is 2.85. The number of para-hydroxylation sites is 2. The second-order valence-corrected chi connectivity index (χ2v) is 7.90. The van der Waals surface area contributed by atoms with E-state index < -0.39 is 5.41 Å². The van der Waals surface area contributed by atoms with E-state index in [0.717, 1.165) is 16.6 Å². The van der Waals surface area contributed by atoms with Crippen LogP contribution in [0.2, 0.25) is 0 Å². The number of carbonyl (C=O) groups is 3. The summed E-state index contributed by atoms with van der Waals surface area (Å²) >= 11 is 0. The van der Waals surface area contributed by atoms with Crippen molar-refractivity contribution in [1.82, 2.24) is 20.2 Å². The molecule has 7 heteroatoms. The maximum absolute atomic E-state index is 13.0. The maximum atomic E-state index is 13.0. The van der Waals surface area contributed by atoms with E-state index in [0.29, 0.717) is 5.82 Å². The van der Waals surface area contributed by atoms with E-state index in [1.807, 2.05) is 61.5 Å². The van der Waals surface area contributed by atoms with E-state index >= 15 is 0 Å². The molecule has 2 aromatic carbocycles. The Hall–Kier alpha value is -3.48. The van der Waals surface area contributed by atoms with Gasteiger partial charge in [-0.1, -0.05) is 42.5 Å². The van der Waals surface area contributed by atoms with Crippen LogP contribution >= 0.6 is 0 Å². The average Bonchev–Trinajstić information content (AvgIpc) is 3.27. The molecule has 4 rings (SSSR count). The molecule has 1 aliphatic heterocycles. The number of nitrogens with one attached hydrogen (secondary N) is 2. The fourth-order valence-corrected chi connectivity index (χ4v) is 3.92. The number of fused-ring (bicyclic) bond motifs is 1. The van der Waals surface area contributed by atoms with Crippen LogP contribution in [0.3, 0.4) is 0 Å². The third kappa shape index (κ3) is 3.58.